The van der Waals surface area contributed by atoms with Gasteiger partial charge in [0.15, 0.2) is 5.69 Å². The van der Waals surface area contributed by atoms with Crippen molar-refractivity contribution in [3.63, 3.8) is 0 Å². The Hall–Kier alpha value is -3.00. The van der Waals surface area contributed by atoms with Gasteiger partial charge in [-0.3, -0.25) is 25.2 Å². The number of aryl methyl sites for hydroxylation is 1. The Kier molecular flexibility index (Phi) is 5.66. The summed E-state index contributed by atoms with van der Waals surface area (Å²) in [4.78, 5) is 36.9. The molecule has 27 heavy (non-hydrogen) atoms. The van der Waals surface area contributed by atoms with Crippen molar-refractivity contribution in [2.24, 2.45) is 0 Å². The van der Waals surface area contributed by atoms with Gasteiger partial charge in [-0.2, -0.15) is 5.10 Å². The molecule has 0 aliphatic carbocycles. The van der Waals surface area contributed by atoms with Crippen LogP contribution in [0.2, 0.25) is 0 Å². The third-order valence-corrected chi connectivity index (χ3v) is 4.50. The van der Waals surface area contributed by atoms with E-state index in [9.17, 15) is 14.4 Å². The highest BCUT2D eigenvalue weighted by Crippen LogP contribution is 2.13. The number of halogens is 1. The molecule has 2 aromatic carbocycles. The third-order valence-electron chi connectivity index (χ3n) is 3.98. The van der Waals surface area contributed by atoms with Gasteiger partial charge in [0, 0.05) is 16.4 Å². The van der Waals surface area contributed by atoms with Crippen LogP contribution in [0.5, 0.6) is 0 Å². The van der Waals surface area contributed by atoms with Crippen LogP contribution in [0, 0.1) is 0 Å². The lowest BCUT2D eigenvalue weighted by molar-refractivity contribution is -0.121. The number of benzene rings is 2. The Morgan fingerprint density at radius 3 is 2.37 bits per heavy atom. The highest BCUT2D eigenvalue weighted by atomic mass is 79.9. The lowest BCUT2D eigenvalue weighted by Crippen LogP contribution is -2.43. The summed E-state index contributed by atoms with van der Waals surface area (Å²) in [6.07, 6.45) is 0.121. The molecule has 0 unspecified atom stereocenters. The quantitative estimate of drug-likeness (QED) is 0.622. The van der Waals surface area contributed by atoms with Gasteiger partial charge in [0.1, 0.15) is 0 Å². The number of nitrogens with zero attached hydrogens (tertiary/aromatic N) is 2. The summed E-state index contributed by atoms with van der Waals surface area (Å²) in [5.74, 6) is -0.948. The highest BCUT2D eigenvalue weighted by molar-refractivity contribution is 9.10. The number of hydrogen-bond acceptors (Lipinski definition) is 4. The fourth-order valence-corrected chi connectivity index (χ4v) is 2.90. The normalized spacial score (nSPS) is 10.6. The SMILES string of the molecule is CCn1nc(C(=O)NNC(=O)Cc2ccc(Br)cc2)c2ccccc2c1=O. The van der Waals surface area contributed by atoms with Crippen molar-refractivity contribution in [1.29, 1.82) is 0 Å². The van der Waals surface area contributed by atoms with Crippen molar-refractivity contribution in [1.82, 2.24) is 20.6 Å². The maximum Gasteiger partial charge on any atom is 0.290 e. The summed E-state index contributed by atoms with van der Waals surface area (Å²) in [5, 5.41) is 4.97. The van der Waals surface area contributed by atoms with Crippen molar-refractivity contribution in [3.8, 4) is 0 Å². The minimum absolute atomic E-state index is 0.0796. The van der Waals surface area contributed by atoms with Crippen LogP contribution < -0.4 is 16.4 Å². The Balaban J connectivity index is 1.76. The monoisotopic (exact) mass is 428 g/mol. The van der Waals surface area contributed by atoms with E-state index in [1.54, 1.807) is 31.2 Å². The molecule has 0 bridgehead atoms. The first-order chi connectivity index (χ1) is 13.0. The molecule has 7 nitrogen and oxygen atoms in total. The number of hydrogen-bond donors (Lipinski definition) is 2. The van der Waals surface area contributed by atoms with Crippen molar-refractivity contribution < 1.29 is 9.59 Å². The molecule has 0 fully saturated rings. The van der Waals surface area contributed by atoms with Crippen LogP contribution in [-0.4, -0.2) is 21.6 Å². The van der Waals surface area contributed by atoms with E-state index in [-0.39, 0.29) is 23.6 Å². The first-order valence-electron chi connectivity index (χ1n) is 8.33. The second-order valence-electron chi connectivity index (χ2n) is 5.82. The molecule has 0 saturated carbocycles. The van der Waals surface area contributed by atoms with E-state index in [4.69, 9.17) is 0 Å². The molecule has 2 amide bonds. The maximum absolute atomic E-state index is 12.5. The van der Waals surface area contributed by atoms with Gasteiger partial charge < -0.3 is 0 Å². The Morgan fingerprint density at radius 1 is 1.04 bits per heavy atom. The number of amides is 2. The topological polar surface area (TPSA) is 93.1 Å². The molecule has 8 heteroatoms. The molecule has 1 heterocycles. The standard InChI is InChI=1S/C19H17BrN4O3/c1-2-24-19(27)15-6-4-3-5-14(15)17(23-24)18(26)22-21-16(25)11-12-7-9-13(20)10-8-12/h3-10H,2,11H2,1H3,(H,21,25)(H,22,26). The van der Waals surface area contributed by atoms with Gasteiger partial charge in [0.2, 0.25) is 5.91 Å². The Morgan fingerprint density at radius 2 is 1.70 bits per heavy atom. The second kappa shape index (κ2) is 8.13. The first-order valence-corrected chi connectivity index (χ1v) is 9.12. The van der Waals surface area contributed by atoms with Crippen molar-refractivity contribution in [2.75, 3.05) is 0 Å². The van der Waals surface area contributed by atoms with Crippen LogP contribution in [0.25, 0.3) is 10.8 Å². The Labute approximate surface area is 163 Å². The second-order valence-corrected chi connectivity index (χ2v) is 6.74. The average molecular weight is 429 g/mol. The number of rotatable bonds is 4. The van der Waals surface area contributed by atoms with Crippen LogP contribution in [0.1, 0.15) is 23.0 Å². The summed E-state index contributed by atoms with van der Waals surface area (Å²) in [7, 11) is 0. The summed E-state index contributed by atoms with van der Waals surface area (Å²) in [6, 6.07) is 14.1. The van der Waals surface area contributed by atoms with Crippen molar-refractivity contribution in [2.45, 2.75) is 19.9 Å². The average Bonchev–Trinajstić information content (AvgIpc) is 2.68. The summed E-state index contributed by atoms with van der Waals surface area (Å²) in [5.41, 5.74) is 5.38. The number of nitrogens with one attached hydrogen (secondary N) is 2. The largest absolute Gasteiger partial charge is 0.290 e. The van der Waals surface area contributed by atoms with Gasteiger partial charge in [-0.1, -0.05) is 46.3 Å². The zero-order chi connectivity index (χ0) is 19.4. The minimum atomic E-state index is -0.586. The molecule has 0 aliphatic heterocycles. The lowest BCUT2D eigenvalue weighted by atomic mass is 10.1. The number of aromatic nitrogens is 2. The molecular weight excluding hydrogens is 412 g/mol. The van der Waals surface area contributed by atoms with E-state index in [0.29, 0.717) is 17.3 Å². The van der Waals surface area contributed by atoms with Gasteiger partial charge in [0.05, 0.1) is 11.8 Å². The van der Waals surface area contributed by atoms with E-state index < -0.39 is 5.91 Å². The third kappa shape index (κ3) is 4.22. The molecular formula is C19H17BrN4O3. The molecule has 0 spiro atoms. The van der Waals surface area contributed by atoms with Gasteiger partial charge in [-0.25, -0.2) is 4.68 Å². The number of carbonyl (C=O) groups excluding carboxylic acids is 2. The van der Waals surface area contributed by atoms with Crippen molar-refractivity contribution >= 4 is 38.5 Å². The van der Waals surface area contributed by atoms with Crippen LogP contribution in [0.15, 0.2) is 57.8 Å². The zero-order valence-corrected chi connectivity index (χ0v) is 16.1. The van der Waals surface area contributed by atoms with Gasteiger partial charge in [0.25, 0.3) is 11.5 Å². The molecule has 0 radical (unpaired) electrons. The highest BCUT2D eigenvalue weighted by Gasteiger charge is 2.16. The van der Waals surface area contributed by atoms with Crippen molar-refractivity contribution in [3.05, 3.63) is 74.6 Å². The fourth-order valence-electron chi connectivity index (χ4n) is 2.63. The number of carbonyl (C=O) groups is 2. The zero-order valence-electron chi connectivity index (χ0n) is 14.5. The molecule has 138 valence electrons. The van der Waals surface area contributed by atoms with Crippen LogP contribution in [0.3, 0.4) is 0 Å². The number of fused-ring (bicyclic) bond motifs is 1. The Bertz CT molecular complexity index is 1060. The molecule has 3 rings (SSSR count). The summed E-state index contributed by atoms with van der Waals surface area (Å²) >= 11 is 3.34. The fraction of sp³-hybridized carbons (Fsp3) is 0.158. The smallest absolute Gasteiger partial charge is 0.273 e. The van der Waals surface area contributed by atoms with E-state index >= 15 is 0 Å². The van der Waals surface area contributed by atoms with Gasteiger partial charge in [-0.05, 0) is 30.7 Å². The summed E-state index contributed by atoms with van der Waals surface area (Å²) < 4.78 is 2.14. The maximum atomic E-state index is 12.5. The van der Waals surface area contributed by atoms with Gasteiger partial charge >= 0.3 is 0 Å². The van der Waals surface area contributed by atoms with E-state index in [2.05, 4.69) is 31.9 Å². The van der Waals surface area contributed by atoms with Crippen LogP contribution in [-0.2, 0) is 17.8 Å². The summed E-state index contributed by atoms with van der Waals surface area (Å²) in [6.45, 7) is 2.10. The minimum Gasteiger partial charge on any atom is -0.273 e. The molecule has 0 saturated heterocycles. The molecule has 0 atom stereocenters. The number of hydrazine groups is 1. The molecule has 0 aliphatic rings. The predicted octanol–water partition coefficient (Wildman–Crippen LogP) is 2.18. The van der Waals surface area contributed by atoms with E-state index in [1.807, 2.05) is 24.3 Å². The van der Waals surface area contributed by atoms with E-state index in [1.165, 1.54) is 4.68 Å². The lowest BCUT2D eigenvalue weighted by Gasteiger charge is -2.11. The van der Waals surface area contributed by atoms with Crippen LogP contribution >= 0.6 is 15.9 Å². The van der Waals surface area contributed by atoms with E-state index in [0.717, 1.165) is 10.0 Å². The predicted molar refractivity (Wildman–Crippen MR) is 105 cm³/mol. The van der Waals surface area contributed by atoms with Gasteiger partial charge in [-0.15, -0.1) is 0 Å². The molecule has 1 aromatic heterocycles. The first kappa shape index (κ1) is 18.8. The van der Waals surface area contributed by atoms with Crippen LogP contribution in [0.4, 0.5) is 0 Å². The molecule has 3 aromatic rings. The molecule has 2 N–H and O–H groups in total.